The van der Waals surface area contributed by atoms with Gasteiger partial charge in [0.15, 0.2) is 0 Å². The van der Waals surface area contributed by atoms with Gasteiger partial charge in [0, 0.05) is 31.2 Å². The lowest BCUT2D eigenvalue weighted by atomic mass is 9.95. The summed E-state index contributed by atoms with van der Waals surface area (Å²) in [5.74, 6) is -0.170. The van der Waals surface area contributed by atoms with Gasteiger partial charge < -0.3 is 5.32 Å². The number of aromatic nitrogens is 4. The number of nitrogens with zero attached hydrogens (tertiary/aromatic N) is 4. The average Bonchev–Trinajstić information content (AvgIpc) is 3.08. The molecular formula is C19H21N5O. The van der Waals surface area contributed by atoms with Crippen LogP contribution in [0.2, 0.25) is 0 Å². The predicted octanol–water partition coefficient (Wildman–Crippen LogP) is 2.69. The molecule has 2 heterocycles. The summed E-state index contributed by atoms with van der Waals surface area (Å²) in [5.41, 5.74) is 3.37. The number of carbonyl (C=O) groups is 1. The highest BCUT2D eigenvalue weighted by Gasteiger charge is 2.19. The highest BCUT2D eigenvalue weighted by molar-refractivity contribution is 5.83. The maximum absolute atomic E-state index is 12.6. The van der Waals surface area contributed by atoms with Crippen LogP contribution in [0.1, 0.15) is 30.5 Å². The largest absolute Gasteiger partial charge is 0.350 e. The van der Waals surface area contributed by atoms with Gasteiger partial charge in [-0.2, -0.15) is 5.10 Å². The smallest absolute Gasteiger partial charge is 0.227 e. The van der Waals surface area contributed by atoms with E-state index >= 15 is 0 Å². The first-order valence-electron chi connectivity index (χ1n) is 8.30. The minimum absolute atomic E-state index is 0.00325. The van der Waals surface area contributed by atoms with Gasteiger partial charge in [-0.3, -0.25) is 19.4 Å². The van der Waals surface area contributed by atoms with Crippen LogP contribution in [0, 0.1) is 0 Å². The highest BCUT2D eigenvalue weighted by Crippen LogP contribution is 2.21. The third-order valence-electron chi connectivity index (χ3n) is 4.11. The molecule has 3 aromatic rings. The zero-order valence-electron chi connectivity index (χ0n) is 14.4. The lowest BCUT2D eigenvalue weighted by Crippen LogP contribution is -2.29. The zero-order chi connectivity index (χ0) is 17.6. The molecule has 0 bridgehead atoms. The van der Waals surface area contributed by atoms with E-state index in [9.17, 15) is 4.79 Å². The number of hydrogen-bond donors (Lipinski definition) is 1. The van der Waals surface area contributed by atoms with Gasteiger partial charge in [-0.05, 0) is 12.0 Å². The van der Waals surface area contributed by atoms with Crippen molar-refractivity contribution in [1.82, 2.24) is 25.1 Å². The summed E-state index contributed by atoms with van der Waals surface area (Å²) in [5, 5.41) is 7.17. The molecule has 0 fully saturated rings. The molecule has 25 heavy (non-hydrogen) atoms. The third kappa shape index (κ3) is 3.91. The van der Waals surface area contributed by atoms with E-state index in [4.69, 9.17) is 0 Å². The summed E-state index contributed by atoms with van der Waals surface area (Å²) in [6.07, 6.45) is 7.65. The molecule has 0 saturated carbocycles. The third-order valence-corrected chi connectivity index (χ3v) is 4.11. The second-order valence-electron chi connectivity index (χ2n) is 5.84. The van der Waals surface area contributed by atoms with Gasteiger partial charge in [0.05, 0.1) is 30.0 Å². The number of amides is 1. The van der Waals surface area contributed by atoms with E-state index < -0.39 is 0 Å². The Kier molecular flexibility index (Phi) is 5.18. The number of carbonyl (C=O) groups excluding carboxylic acids is 1. The van der Waals surface area contributed by atoms with Gasteiger partial charge in [-0.1, -0.05) is 37.3 Å². The van der Waals surface area contributed by atoms with Crippen molar-refractivity contribution in [2.24, 2.45) is 7.05 Å². The summed E-state index contributed by atoms with van der Waals surface area (Å²) >= 11 is 0. The first-order chi connectivity index (χ1) is 12.2. The van der Waals surface area contributed by atoms with Crippen molar-refractivity contribution < 1.29 is 4.79 Å². The van der Waals surface area contributed by atoms with Crippen LogP contribution in [0.3, 0.4) is 0 Å². The van der Waals surface area contributed by atoms with E-state index in [0.717, 1.165) is 28.9 Å². The second-order valence-corrected chi connectivity index (χ2v) is 5.84. The Morgan fingerprint density at radius 2 is 1.96 bits per heavy atom. The standard InChI is InChI=1S/C19H21N5O/c1-3-16(14-7-5-4-6-8-14)19(25)22-12-17-18(21-10-9-20-17)15-11-23-24(2)13-15/h4-11,13,16H,3,12H2,1-2H3,(H,22,25). The van der Waals surface area contributed by atoms with Crippen molar-refractivity contribution in [3.8, 4) is 11.3 Å². The topological polar surface area (TPSA) is 72.7 Å². The van der Waals surface area contributed by atoms with Gasteiger partial charge in [0.2, 0.25) is 5.91 Å². The van der Waals surface area contributed by atoms with E-state index in [1.807, 2.05) is 50.5 Å². The molecule has 0 aliphatic carbocycles. The zero-order valence-corrected chi connectivity index (χ0v) is 14.4. The van der Waals surface area contributed by atoms with Gasteiger partial charge in [0.25, 0.3) is 0 Å². The van der Waals surface area contributed by atoms with Crippen LogP contribution in [0.5, 0.6) is 0 Å². The van der Waals surface area contributed by atoms with E-state index in [0.29, 0.717) is 6.54 Å². The van der Waals surface area contributed by atoms with Crippen LogP contribution in [-0.4, -0.2) is 25.7 Å². The Morgan fingerprint density at radius 1 is 1.20 bits per heavy atom. The minimum atomic E-state index is -0.167. The highest BCUT2D eigenvalue weighted by atomic mass is 16.1. The summed E-state index contributed by atoms with van der Waals surface area (Å²) < 4.78 is 1.72. The lowest BCUT2D eigenvalue weighted by Gasteiger charge is -2.15. The van der Waals surface area contributed by atoms with Gasteiger partial charge in [-0.15, -0.1) is 0 Å². The molecular weight excluding hydrogens is 314 g/mol. The molecule has 1 unspecified atom stereocenters. The number of rotatable bonds is 6. The average molecular weight is 335 g/mol. The Morgan fingerprint density at radius 3 is 2.64 bits per heavy atom. The molecule has 3 rings (SSSR count). The Balaban J connectivity index is 1.74. The van der Waals surface area contributed by atoms with Crippen LogP contribution in [0.4, 0.5) is 0 Å². The fraction of sp³-hybridized carbons (Fsp3) is 0.263. The van der Waals surface area contributed by atoms with Crippen molar-refractivity contribution in [3.63, 3.8) is 0 Å². The molecule has 1 atom stereocenters. The van der Waals surface area contributed by atoms with E-state index in [1.54, 1.807) is 23.3 Å². The second kappa shape index (κ2) is 7.70. The Bertz CT molecular complexity index is 844. The molecule has 1 amide bonds. The molecule has 6 heteroatoms. The molecule has 128 valence electrons. The fourth-order valence-corrected chi connectivity index (χ4v) is 2.83. The van der Waals surface area contributed by atoms with Gasteiger partial charge >= 0.3 is 0 Å². The van der Waals surface area contributed by atoms with Crippen LogP contribution in [-0.2, 0) is 18.4 Å². The lowest BCUT2D eigenvalue weighted by molar-refractivity contribution is -0.122. The molecule has 0 aliphatic heterocycles. The molecule has 1 N–H and O–H groups in total. The molecule has 1 aromatic carbocycles. The van der Waals surface area contributed by atoms with E-state index in [1.165, 1.54) is 0 Å². The minimum Gasteiger partial charge on any atom is -0.350 e. The van der Waals surface area contributed by atoms with Crippen molar-refractivity contribution in [2.45, 2.75) is 25.8 Å². The molecule has 0 aliphatic rings. The quantitative estimate of drug-likeness (QED) is 0.752. The summed E-state index contributed by atoms with van der Waals surface area (Å²) in [7, 11) is 1.85. The predicted molar refractivity (Wildman–Crippen MR) is 95.6 cm³/mol. The summed E-state index contributed by atoms with van der Waals surface area (Å²) in [6, 6.07) is 9.82. The molecule has 0 radical (unpaired) electrons. The van der Waals surface area contributed by atoms with Crippen LogP contribution in [0.15, 0.2) is 55.1 Å². The van der Waals surface area contributed by atoms with Crippen LogP contribution in [0.25, 0.3) is 11.3 Å². The van der Waals surface area contributed by atoms with Crippen molar-refractivity contribution in [2.75, 3.05) is 0 Å². The van der Waals surface area contributed by atoms with Crippen molar-refractivity contribution in [3.05, 3.63) is 66.4 Å². The van der Waals surface area contributed by atoms with E-state index in [-0.39, 0.29) is 11.8 Å². The van der Waals surface area contributed by atoms with Crippen LogP contribution >= 0.6 is 0 Å². The molecule has 2 aromatic heterocycles. The number of aryl methyl sites for hydroxylation is 1. The number of hydrogen-bond acceptors (Lipinski definition) is 4. The normalized spacial score (nSPS) is 11.9. The van der Waals surface area contributed by atoms with Crippen LogP contribution < -0.4 is 5.32 Å². The summed E-state index contributed by atoms with van der Waals surface area (Å²) in [6.45, 7) is 2.35. The molecule has 0 spiro atoms. The monoisotopic (exact) mass is 335 g/mol. The SMILES string of the molecule is CCC(C(=O)NCc1nccnc1-c1cnn(C)c1)c1ccccc1. The first kappa shape index (κ1) is 16.8. The fourth-order valence-electron chi connectivity index (χ4n) is 2.83. The Hall–Kier alpha value is -3.02. The van der Waals surface area contributed by atoms with Gasteiger partial charge in [0.1, 0.15) is 0 Å². The van der Waals surface area contributed by atoms with Crippen molar-refractivity contribution in [1.29, 1.82) is 0 Å². The molecule has 6 nitrogen and oxygen atoms in total. The first-order valence-corrected chi connectivity index (χ1v) is 8.30. The Labute approximate surface area is 146 Å². The number of benzene rings is 1. The molecule has 0 saturated heterocycles. The summed E-state index contributed by atoms with van der Waals surface area (Å²) in [4.78, 5) is 21.4. The van der Waals surface area contributed by atoms with Gasteiger partial charge in [-0.25, -0.2) is 0 Å². The maximum Gasteiger partial charge on any atom is 0.227 e. The number of nitrogens with one attached hydrogen (secondary N) is 1. The van der Waals surface area contributed by atoms with Crippen molar-refractivity contribution >= 4 is 5.91 Å². The van der Waals surface area contributed by atoms with E-state index in [2.05, 4.69) is 20.4 Å². The maximum atomic E-state index is 12.6.